The topological polar surface area (TPSA) is 82.3 Å². The standard InChI is InChI=1S/C15H15NO4/c1-20-15-9-11(5-6-14(15)18)13(16-19)8-10-3-2-4-12(17)7-10/h2-7,9,17-19H,8H2,1H3/b16-13-. The smallest absolute Gasteiger partial charge is 0.161 e. The highest BCUT2D eigenvalue weighted by Crippen LogP contribution is 2.27. The van der Waals surface area contributed by atoms with Crippen LogP contribution in [0.1, 0.15) is 11.1 Å². The van der Waals surface area contributed by atoms with Crippen molar-refractivity contribution in [2.45, 2.75) is 6.42 Å². The summed E-state index contributed by atoms with van der Waals surface area (Å²) in [5.74, 6) is 0.480. The largest absolute Gasteiger partial charge is 0.508 e. The normalized spacial score (nSPS) is 11.3. The van der Waals surface area contributed by atoms with E-state index in [1.165, 1.54) is 13.2 Å². The van der Waals surface area contributed by atoms with E-state index in [4.69, 9.17) is 9.94 Å². The van der Waals surface area contributed by atoms with Crippen LogP contribution in [0.2, 0.25) is 0 Å². The van der Waals surface area contributed by atoms with Gasteiger partial charge >= 0.3 is 0 Å². The first-order chi connectivity index (χ1) is 9.63. The molecular formula is C15H15NO4. The van der Waals surface area contributed by atoms with Crippen molar-refractivity contribution < 1.29 is 20.2 Å². The Morgan fingerprint density at radius 1 is 1.15 bits per heavy atom. The Labute approximate surface area is 116 Å². The Morgan fingerprint density at radius 3 is 2.60 bits per heavy atom. The van der Waals surface area contributed by atoms with Crippen molar-refractivity contribution in [3.8, 4) is 17.2 Å². The zero-order chi connectivity index (χ0) is 14.5. The summed E-state index contributed by atoms with van der Waals surface area (Å²) in [6.07, 6.45) is 0.346. The molecule has 0 heterocycles. The number of benzene rings is 2. The van der Waals surface area contributed by atoms with E-state index in [1.54, 1.807) is 30.3 Å². The molecule has 0 aliphatic rings. The zero-order valence-electron chi connectivity index (χ0n) is 10.9. The molecule has 2 aromatic rings. The third-order valence-electron chi connectivity index (χ3n) is 2.92. The van der Waals surface area contributed by atoms with Gasteiger partial charge in [-0.25, -0.2) is 0 Å². The molecule has 0 aliphatic heterocycles. The minimum atomic E-state index is 0.0193. The first kappa shape index (κ1) is 13.7. The fourth-order valence-corrected chi connectivity index (χ4v) is 1.91. The number of hydrogen-bond acceptors (Lipinski definition) is 5. The summed E-state index contributed by atoms with van der Waals surface area (Å²) >= 11 is 0. The maximum Gasteiger partial charge on any atom is 0.161 e. The molecule has 0 bridgehead atoms. The Bertz CT molecular complexity index is 638. The second-order valence-electron chi connectivity index (χ2n) is 4.28. The van der Waals surface area contributed by atoms with Crippen LogP contribution in [0.15, 0.2) is 47.6 Å². The minimum absolute atomic E-state index is 0.0193. The Balaban J connectivity index is 2.29. The van der Waals surface area contributed by atoms with Crippen LogP contribution in [-0.4, -0.2) is 28.2 Å². The van der Waals surface area contributed by atoms with Crippen molar-refractivity contribution in [1.29, 1.82) is 0 Å². The van der Waals surface area contributed by atoms with Crippen molar-refractivity contribution in [1.82, 2.24) is 0 Å². The van der Waals surface area contributed by atoms with Gasteiger partial charge in [0, 0.05) is 12.0 Å². The zero-order valence-corrected chi connectivity index (χ0v) is 10.9. The molecule has 0 saturated heterocycles. The fraction of sp³-hybridized carbons (Fsp3) is 0.133. The third kappa shape index (κ3) is 3.00. The fourth-order valence-electron chi connectivity index (χ4n) is 1.91. The molecule has 0 radical (unpaired) electrons. The molecule has 0 aliphatic carbocycles. The first-order valence-corrected chi connectivity index (χ1v) is 6.00. The SMILES string of the molecule is COc1cc(/C(Cc2cccc(O)c2)=N\O)ccc1O. The van der Waals surface area contributed by atoms with Crippen LogP contribution >= 0.6 is 0 Å². The highest BCUT2D eigenvalue weighted by Gasteiger charge is 2.10. The maximum atomic E-state index is 9.56. The Hall–Kier alpha value is -2.69. The number of aromatic hydroxyl groups is 2. The van der Waals surface area contributed by atoms with Gasteiger partial charge in [-0.05, 0) is 35.9 Å². The van der Waals surface area contributed by atoms with E-state index in [0.717, 1.165) is 5.56 Å². The lowest BCUT2D eigenvalue weighted by Gasteiger charge is -2.08. The van der Waals surface area contributed by atoms with Crippen molar-refractivity contribution in [2.75, 3.05) is 7.11 Å². The average molecular weight is 273 g/mol. The summed E-state index contributed by atoms with van der Waals surface area (Å²) in [5, 5.41) is 31.4. The molecule has 20 heavy (non-hydrogen) atoms. The third-order valence-corrected chi connectivity index (χ3v) is 2.92. The molecule has 5 heteroatoms. The summed E-state index contributed by atoms with van der Waals surface area (Å²) in [6.45, 7) is 0. The number of phenols is 2. The number of nitrogens with zero attached hydrogens (tertiary/aromatic N) is 1. The molecule has 2 aromatic carbocycles. The van der Waals surface area contributed by atoms with Crippen LogP contribution in [0.5, 0.6) is 17.2 Å². The van der Waals surface area contributed by atoms with E-state index >= 15 is 0 Å². The molecule has 3 N–H and O–H groups in total. The lowest BCUT2D eigenvalue weighted by atomic mass is 10.0. The van der Waals surface area contributed by atoms with Gasteiger partial charge in [-0.15, -0.1) is 0 Å². The molecule has 5 nitrogen and oxygen atoms in total. The minimum Gasteiger partial charge on any atom is -0.508 e. The predicted molar refractivity (Wildman–Crippen MR) is 74.8 cm³/mol. The van der Waals surface area contributed by atoms with E-state index in [1.807, 2.05) is 6.07 Å². The van der Waals surface area contributed by atoms with Gasteiger partial charge in [0.2, 0.25) is 0 Å². The van der Waals surface area contributed by atoms with Crippen molar-refractivity contribution >= 4 is 5.71 Å². The second-order valence-corrected chi connectivity index (χ2v) is 4.28. The van der Waals surface area contributed by atoms with Crippen LogP contribution in [0.3, 0.4) is 0 Å². The number of ether oxygens (including phenoxy) is 1. The van der Waals surface area contributed by atoms with Crippen molar-refractivity contribution in [2.24, 2.45) is 5.16 Å². The number of hydrogen-bond donors (Lipinski definition) is 3. The Kier molecular flexibility index (Phi) is 4.10. The summed E-state index contributed by atoms with van der Waals surface area (Å²) in [5.41, 5.74) is 1.85. The Morgan fingerprint density at radius 2 is 1.95 bits per heavy atom. The summed E-state index contributed by atoms with van der Waals surface area (Å²) in [6, 6.07) is 11.4. The van der Waals surface area contributed by atoms with E-state index in [2.05, 4.69) is 5.16 Å². The van der Waals surface area contributed by atoms with Gasteiger partial charge in [0.15, 0.2) is 11.5 Å². The number of oxime groups is 1. The predicted octanol–water partition coefficient (Wildman–Crippen LogP) is 2.53. The van der Waals surface area contributed by atoms with Crippen molar-refractivity contribution in [3.05, 3.63) is 53.6 Å². The molecule has 0 spiro atoms. The maximum absolute atomic E-state index is 9.56. The van der Waals surface area contributed by atoms with E-state index < -0.39 is 0 Å². The molecule has 104 valence electrons. The van der Waals surface area contributed by atoms with Crippen LogP contribution in [-0.2, 0) is 6.42 Å². The quantitative estimate of drug-likeness (QED) is 0.454. The van der Waals surface area contributed by atoms with Crippen LogP contribution in [0, 0.1) is 0 Å². The average Bonchev–Trinajstić information content (AvgIpc) is 2.45. The summed E-state index contributed by atoms with van der Waals surface area (Å²) in [4.78, 5) is 0. The van der Waals surface area contributed by atoms with Gasteiger partial charge in [0.25, 0.3) is 0 Å². The van der Waals surface area contributed by atoms with E-state index in [-0.39, 0.29) is 11.5 Å². The van der Waals surface area contributed by atoms with Gasteiger partial charge in [0.05, 0.1) is 12.8 Å². The van der Waals surface area contributed by atoms with Gasteiger partial charge in [-0.3, -0.25) is 0 Å². The van der Waals surface area contributed by atoms with E-state index in [9.17, 15) is 10.2 Å². The van der Waals surface area contributed by atoms with Crippen molar-refractivity contribution in [3.63, 3.8) is 0 Å². The summed E-state index contributed by atoms with van der Waals surface area (Å²) in [7, 11) is 1.45. The van der Waals surface area contributed by atoms with Crippen LogP contribution in [0.4, 0.5) is 0 Å². The monoisotopic (exact) mass is 273 g/mol. The highest BCUT2D eigenvalue weighted by molar-refractivity contribution is 6.02. The van der Waals surface area contributed by atoms with Gasteiger partial charge in [-0.1, -0.05) is 17.3 Å². The van der Waals surface area contributed by atoms with Crippen LogP contribution in [0.25, 0.3) is 0 Å². The number of methoxy groups -OCH3 is 1. The molecule has 0 fully saturated rings. The lowest BCUT2D eigenvalue weighted by molar-refractivity contribution is 0.318. The van der Waals surface area contributed by atoms with Gasteiger partial charge < -0.3 is 20.2 Å². The summed E-state index contributed by atoms with van der Waals surface area (Å²) < 4.78 is 5.02. The lowest BCUT2D eigenvalue weighted by Crippen LogP contribution is -2.05. The first-order valence-electron chi connectivity index (χ1n) is 6.00. The molecule has 0 unspecified atom stereocenters. The molecule has 0 amide bonds. The molecule has 0 atom stereocenters. The second kappa shape index (κ2) is 5.97. The number of phenolic OH excluding ortho intramolecular Hbond substituents is 2. The van der Waals surface area contributed by atoms with Crippen LogP contribution < -0.4 is 4.74 Å². The highest BCUT2D eigenvalue weighted by atomic mass is 16.5. The molecule has 0 saturated carbocycles. The molecule has 2 rings (SSSR count). The number of rotatable bonds is 4. The molecular weight excluding hydrogens is 258 g/mol. The van der Waals surface area contributed by atoms with Gasteiger partial charge in [-0.2, -0.15) is 0 Å². The van der Waals surface area contributed by atoms with Gasteiger partial charge in [0.1, 0.15) is 5.75 Å². The molecule has 0 aromatic heterocycles. The van der Waals surface area contributed by atoms with E-state index in [0.29, 0.717) is 23.4 Å².